The number of benzene rings is 2. The van der Waals surface area contributed by atoms with E-state index >= 15 is 0 Å². The number of pyridine rings is 1. The fourth-order valence-corrected chi connectivity index (χ4v) is 4.31. The first-order valence-corrected chi connectivity index (χ1v) is 12.2. The lowest BCUT2D eigenvalue weighted by Gasteiger charge is -2.25. The van der Waals surface area contributed by atoms with Crippen LogP contribution in [0.1, 0.15) is 29.5 Å². The van der Waals surface area contributed by atoms with E-state index in [0.717, 1.165) is 38.5 Å². The molecule has 0 aliphatic rings. The molecule has 0 saturated heterocycles. The van der Waals surface area contributed by atoms with Crippen molar-refractivity contribution in [3.63, 3.8) is 0 Å². The minimum absolute atomic E-state index is 0.249. The van der Waals surface area contributed by atoms with Crippen molar-refractivity contribution in [2.75, 3.05) is 26.2 Å². The van der Waals surface area contributed by atoms with Crippen LogP contribution in [-0.2, 0) is 22.6 Å². The van der Waals surface area contributed by atoms with Crippen LogP contribution < -0.4 is 14.4 Å². The quantitative estimate of drug-likeness (QED) is 0.193. The number of methoxy groups -OCH3 is 3. The molecule has 0 spiro atoms. The van der Waals surface area contributed by atoms with Crippen molar-refractivity contribution in [1.82, 2.24) is 4.98 Å². The van der Waals surface area contributed by atoms with Gasteiger partial charge in [0.15, 0.2) is 0 Å². The number of esters is 1. The SMILES string of the molecule is COC(=O)CC/C=C/c1c(Br)cc(N(Cc2ccc(OC)cc2)Cc2ccc(OC)cc2)nc1Cl. The second-order valence-electron chi connectivity index (χ2n) is 7.74. The predicted octanol–water partition coefficient (Wildman–Crippen LogP) is 6.69. The predicted molar refractivity (Wildman–Crippen MR) is 143 cm³/mol. The van der Waals surface area contributed by atoms with Crippen molar-refractivity contribution in [3.05, 3.63) is 87.0 Å². The first-order valence-electron chi connectivity index (χ1n) is 11.0. The summed E-state index contributed by atoms with van der Waals surface area (Å²) in [4.78, 5) is 18.2. The van der Waals surface area contributed by atoms with Crippen LogP contribution in [0.2, 0.25) is 5.15 Å². The first kappa shape index (κ1) is 26.6. The van der Waals surface area contributed by atoms with Crippen LogP contribution >= 0.6 is 27.5 Å². The van der Waals surface area contributed by atoms with E-state index in [0.29, 0.717) is 31.1 Å². The number of ether oxygens (including phenoxy) is 3. The van der Waals surface area contributed by atoms with Crippen LogP contribution in [-0.4, -0.2) is 32.3 Å². The molecule has 1 heterocycles. The number of halogens is 2. The molecule has 8 heteroatoms. The smallest absolute Gasteiger partial charge is 0.305 e. The Morgan fingerprint density at radius 2 is 1.51 bits per heavy atom. The average molecular weight is 560 g/mol. The third-order valence-corrected chi connectivity index (χ3v) is 6.31. The topological polar surface area (TPSA) is 60.9 Å². The Bertz CT molecular complexity index is 1080. The number of hydrogen-bond donors (Lipinski definition) is 0. The first-order chi connectivity index (χ1) is 16.9. The molecule has 0 amide bonds. The maximum atomic E-state index is 11.3. The van der Waals surface area contributed by atoms with Gasteiger partial charge >= 0.3 is 5.97 Å². The summed E-state index contributed by atoms with van der Waals surface area (Å²) in [6.07, 6.45) is 4.61. The van der Waals surface area contributed by atoms with Gasteiger partial charge in [0, 0.05) is 29.5 Å². The van der Waals surface area contributed by atoms with Crippen LogP contribution in [0.5, 0.6) is 11.5 Å². The van der Waals surface area contributed by atoms with Gasteiger partial charge in [-0.05, 0) is 63.8 Å². The van der Waals surface area contributed by atoms with Gasteiger partial charge in [0.25, 0.3) is 0 Å². The summed E-state index contributed by atoms with van der Waals surface area (Å²) in [6, 6.07) is 17.9. The summed E-state index contributed by atoms with van der Waals surface area (Å²) < 4.78 is 16.1. The van der Waals surface area contributed by atoms with E-state index < -0.39 is 0 Å². The molecule has 0 aliphatic carbocycles. The molecule has 184 valence electrons. The van der Waals surface area contributed by atoms with Crippen LogP contribution in [0, 0.1) is 0 Å². The molecule has 0 atom stereocenters. The molecular formula is C27H28BrClN2O4. The third-order valence-electron chi connectivity index (χ3n) is 5.36. The molecule has 6 nitrogen and oxygen atoms in total. The summed E-state index contributed by atoms with van der Waals surface area (Å²) in [6.45, 7) is 1.25. The van der Waals surface area contributed by atoms with Gasteiger partial charge in [0.1, 0.15) is 22.5 Å². The Hall–Kier alpha value is -3.03. The molecule has 35 heavy (non-hydrogen) atoms. The Morgan fingerprint density at radius 1 is 0.971 bits per heavy atom. The standard InChI is InChI=1S/C27H28BrClN2O4/c1-33-21-12-8-19(9-13-21)17-31(18-20-10-14-22(34-2)15-11-20)25-16-24(28)23(27(29)30-25)6-4-5-7-26(32)35-3/h4,6,8-16H,5,7,17-18H2,1-3H3/b6-4+. The highest BCUT2D eigenvalue weighted by Crippen LogP contribution is 2.31. The Labute approximate surface area is 219 Å². The summed E-state index contributed by atoms with van der Waals surface area (Å²) >= 11 is 10.2. The number of hydrogen-bond acceptors (Lipinski definition) is 6. The number of carbonyl (C=O) groups excluding carboxylic acids is 1. The Morgan fingerprint density at radius 3 is 1.97 bits per heavy atom. The van der Waals surface area contributed by atoms with Crippen molar-refractivity contribution < 1.29 is 19.0 Å². The number of anilines is 1. The van der Waals surface area contributed by atoms with Gasteiger partial charge in [-0.3, -0.25) is 4.79 Å². The second-order valence-corrected chi connectivity index (χ2v) is 8.95. The van der Waals surface area contributed by atoms with E-state index in [-0.39, 0.29) is 5.97 Å². The van der Waals surface area contributed by atoms with Gasteiger partial charge in [-0.2, -0.15) is 0 Å². The van der Waals surface area contributed by atoms with Gasteiger partial charge in [-0.1, -0.05) is 48.0 Å². The van der Waals surface area contributed by atoms with Crippen LogP contribution in [0.15, 0.2) is 65.1 Å². The van der Waals surface area contributed by atoms with Crippen LogP contribution in [0.4, 0.5) is 5.82 Å². The number of nitrogens with zero attached hydrogens (tertiary/aromatic N) is 2. The van der Waals surface area contributed by atoms with Gasteiger partial charge in [0.2, 0.25) is 0 Å². The number of aromatic nitrogens is 1. The number of rotatable bonds is 11. The molecule has 2 aromatic carbocycles. The fraction of sp³-hybridized carbons (Fsp3) is 0.259. The molecule has 0 aliphatic heterocycles. The highest BCUT2D eigenvalue weighted by Gasteiger charge is 2.15. The third kappa shape index (κ3) is 7.73. The fourth-order valence-electron chi connectivity index (χ4n) is 3.42. The molecule has 3 rings (SSSR count). The maximum absolute atomic E-state index is 11.3. The van der Waals surface area contributed by atoms with Crippen molar-refractivity contribution in [2.45, 2.75) is 25.9 Å². The highest BCUT2D eigenvalue weighted by molar-refractivity contribution is 9.10. The van der Waals surface area contributed by atoms with E-state index in [1.165, 1.54) is 7.11 Å². The van der Waals surface area contributed by atoms with Gasteiger partial charge in [0.05, 0.1) is 21.3 Å². The van der Waals surface area contributed by atoms with Gasteiger partial charge in [-0.25, -0.2) is 4.98 Å². The second kappa shape index (κ2) is 13.2. The summed E-state index contributed by atoms with van der Waals surface area (Å²) in [5, 5.41) is 0.373. The minimum Gasteiger partial charge on any atom is -0.497 e. The molecule has 0 bridgehead atoms. The summed E-state index contributed by atoms with van der Waals surface area (Å²) in [5.41, 5.74) is 2.98. The van der Waals surface area contributed by atoms with E-state index in [4.69, 9.17) is 26.1 Å². The van der Waals surface area contributed by atoms with Crippen molar-refractivity contribution >= 4 is 45.4 Å². The Kier molecular flexibility index (Phi) is 9.99. The highest BCUT2D eigenvalue weighted by atomic mass is 79.9. The average Bonchev–Trinajstić information content (AvgIpc) is 2.88. The largest absolute Gasteiger partial charge is 0.497 e. The zero-order valence-corrected chi connectivity index (χ0v) is 22.3. The van der Waals surface area contributed by atoms with Gasteiger partial charge in [-0.15, -0.1) is 0 Å². The normalized spacial score (nSPS) is 10.9. The van der Waals surface area contributed by atoms with Crippen molar-refractivity contribution in [3.8, 4) is 11.5 Å². The maximum Gasteiger partial charge on any atom is 0.305 e. The molecular weight excluding hydrogens is 532 g/mol. The zero-order chi connectivity index (χ0) is 25.2. The molecule has 0 fully saturated rings. The molecule has 0 radical (unpaired) electrons. The molecule has 1 aromatic heterocycles. The summed E-state index contributed by atoms with van der Waals surface area (Å²) in [7, 11) is 4.69. The van der Waals surface area contributed by atoms with Crippen LogP contribution in [0.3, 0.4) is 0 Å². The van der Waals surface area contributed by atoms with Crippen molar-refractivity contribution in [1.29, 1.82) is 0 Å². The minimum atomic E-state index is -0.249. The van der Waals surface area contributed by atoms with E-state index in [2.05, 4.69) is 25.6 Å². The van der Waals surface area contributed by atoms with Crippen LogP contribution in [0.25, 0.3) is 6.08 Å². The lowest BCUT2D eigenvalue weighted by molar-refractivity contribution is -0.140. The number of carbonyl (C=O) groups is 1. The van der Waals surface area contributed by atoms with E-state index in [1.54, 1.807) is 14.2 Å². The van der Waals surface area contributed by atoms with Crippen molar-refractivity contribution in [2.24, 2.45) is 0 Å². The lowest BCUT2D eigenvalue weighted by atomic mass is 10.1. The zero-order valence-electron chi connectivity index (χ0n) is 20.0. The molecule has 0 saturated carbocycles. The Balaban J connectivity index is 1.87. The lowest BCUT2D eigenvalue weighted by Crippen LogP contribution is -2.23. The molecule has 0 N–H and O–H groups in total. The molecule has 0 unspecified atom stereocenters. The summed E-state index contributed by atoms with van der Waals surface area (Å²) in [5.74, 6) is 2.10. The number of allylic oxidation sites excluding steroid dienone is 1. The monoisotopic (exact) mass is 558 g/mol. The van der Waals surface area contributed by atoms with E-state index in [9.17, 15) is 4.79 Å². The van der Waals surface area contributed by atoms with E-state index in [1.807, 2.05) is 66.7 Å². The molecule has 3 aromatic rings. The van der Waals surface area contributed by atoms with Gasteiger partial charge < -0.3 is 19.1 Å².